The third-order valence-electron chi connectivity index (χ3n) is 1.62. The van der Waals surface area contributed by atoms with E-state index in [1.807, 2.05) is 0 Å². The Labute approximate surface area is 103 Å². The van der Waals surface area contributed by atoms with Crippen LogP contribution in [-0.4, -0.2) is 53.7 Å². The van der Waals surface area contributed by atoms with Crippen LogP contribution in [0.3, 0.4) is 0 Å². The van der Waals surface area contributed by atoms with Gasteiger partial charge in [-0.05, 0) is 6.92 Å². The molecule has 1 N–H and O–H groups in total. The number of carbonyl (C=O) groups is 2. The number of hydrogen-bond donors (Lipinski definition) is 1. The second kappa shape index (κ2) is 7.92. The van der Waals surface area contributed by atoms with E-state index < -0.39 is 25.0 Å². The summed E-state index contributed by atoms with van der Waals surface area (Å²) < 4.78 is 8.65. The number of methoxy groups -OCH3 is 1. The molecule has 0 rings (SSSR count). The molecule has 10 heteroatoms. The molecule has 0 amide bonds. The van der Waals surface area contributed by atoms with Crippen molar-refractivity contribution in [3.63, 3.8) is 0 Å². The third kappa shape index (κ3) is 6.35. The second-order valence-electron chi connectivity index (χ2n) is 2.95. The fraction of sp³-hybridized carbons (Fsp3) is 0.750. The molecule has 0 bridgehead atoms. The fourth-order valence-electron chi connectivity index (χ4n) is 0.813. The molecule has 0 aliphatic heterocycles. The minimum absolute atomic E-state index is 0.0364. The third-order valence-corrected chi connectivity index (χ3v) is 1.62. The van der Waals surface area contributed by atoms with Gasteiger partial charge in [-0.3, -0.25) is 9.63 Å². The van der Waals surface area contributed by atoms with Gasteiger partial charge in [0, 0.05) is 6.92 Å². The summed E-state index contributed by atoms with van der Waals surface area (Å²) in [5.74, 6) is -1.19. The zero-order chi connectivity index (χ0) is 14.1. The monoisotopic (exact) mass is 265 g/mol. The van der Waals surface area contributed by atoms with Gasteiger partial charge >= 0.3 is 12.1 Å². The van der Waals surface area contributed by atoms with Crippen LogP contribution in [0.15, 0.2) is 5.28 Å². The van der Waals surface area contributed by atoms with Gasteiger partial charge in [-0.1, -0.05) is 0 Å². The first kappa shape index (κ1) is 15.7. The van der Waals surface area contributed by atoms with Crippen molar-refractivity contribution in [2.24, 2.45) is 5.28 Å². The number of hydrazine groups is 1. The number of likely N-dealkylation sites (N-methyl/N-ethyl adjacent to an activating group) is 1. The maximum Gasteiger partial charge on any atom is 0.511 e. The molecule has 0 aliphatic rings. The van der Waals surface area contributed by atoms with E-state index >= 15 is 0 Å². The topological polar surface area (TPSA) is 124 Å². The van der Waals surface area contributed by atoms with Gasteiger partial charge in [0.15, 0.2) is 6.54 Å². The van der Waals surface area contributed by atoms with Gasteiger partial charge in [-0.2, -0.15) is 0 Å². The van der Waals surface area contributed by atoms with E-state index in [-0.39, 0.29) is 11.5 Å². The van der Waals surface area contributed by atoms with Gasteiger partial charge in [0.25, 0.3) is 6.29 Å². The van der Waals surface area contributed by atoms with Crippen molar-refractivity contribution < 1.29 is 34.0 Å². The first-order valence-corrected chi connectivity index (χ1v) is 4.96. The molecule has 0 fully saturated rings. The summed E-state index contributed by atoms with van der Waals surface area (Å²) in [4.78, 5) is 25.6. The lowest BCUT2D eigenvalue weighted by molar-refractivity contribution is -0.710. The summed E-state index contributed by atoms with van der Waals surface area (Å²) >= 11 is 0. The summed E-state index contributed by atoms with van der Waals surface area (Å²) in [6.07, 6.45) is -2.13. The van der Waals surface area contributed by atoms with Gasteiger partial charge in [-0.15, -0.1) is 5.01 Å². The van der Waals surface area contributed by atoms with Crippen LogP contribution < -0.4 is 0 Å². The number of rotatable bonds is 7. The highest BCUT2D eigenvalue weighted by Crippen LogP contribution is 1.98. The largest absolute Gasteiger partial charge is 0.569 e. The SMILES string of the molecule is CCN(CC(=O)O)/[N+]([O-])=N/OC(C)OC(=O)OC. The summed E-state index contributed by atoms with van der Waals surface area (Å²) in [5, 5.41) is 23.7. The molecule has 0 saturated carbocycles. The van der Waals surface area contributed by atoms with Crippen LogP contribution in [0.5, 0.6) is 0 Å². The Morgan fingerprint density at radius 1 is 1.56 bits per heavy atom. The average Bonchev–Trinajstić information content (AvgIpc) is 2.32. The number of aliphatic carboxylic acids is 1. The zero-order valence-electron chi connectivity index (χ0n) is 10.2. The van der Waals surface area contributed by atoms with Crippen LogP contribution in [0.4, 0.5) is 4.79 Å². The molecular weight excluding hydrogens is 250 g/mol. The maximum atomic E-state index is 11.3. The predicted octanol–water partition coefficient (Wildman–Crippen LogP) is 0.331. The van der Waals surface area contributed by atoms with Crippen LogP contribution in [0.25, 0.3) is 0 Å². The number of hydrogen-bond acceptors (Lipinski definition) is 7. The molecule has 0 aromatic heterocycles. The van der Waals surface area contributed by atoms with E-state index in [2.05, 4.69) is 19.6 Å². The van der Waals surface area contributed by atoms with Gasteiger partial charge in [0.1, 0.15) is 0 Å². The standard InChI is InChI=1S/C8H15N3O7/c1-4-10(5-7(12)13)11(15)9-18-6(2)17-8(14)16-3/h6H,4-5H2,1-3H3,(H,12,13)/b11-9-. The number of carbonyl (C=O) groups excluding carboxylic acids is 1. The first-order valence-electron chi connectivity index (χ1n) is 4.96. The van der Waals surface area contributed by atoms with E-state index in [9.17, 15) is 14.8 Å². The van der Waals surface area contributed by atoms with Crippen molar-refractivity contribution >= 4 is 12.1 Å². The lowest BCUT2D eigenvalue weighted by atomic mass is 10.6. The number of nitrogens with zero attached hydrogens (tertiary/aromatic N) is 3. The van der Waals surface area contributed by atoms with Crippen molar-refractivity contribution in [3.05, 3.63) is 5.21 Å². The minimum atomic E-state index is -1.19. The zero-order valence-corrected chi connectivity index (χ0v) is 10.2. The number of carboxylic acids is 1. The highest BCUT2D eigenvalue weighted by Gasteiger charge is 2.16. The first-order chi connectivity index (χ1) is 8.40. The molecule has 0 heterocycles. The lowest BCUT2D eigenvalue weighted by Crippen LogP contribution is -2.35. The number of ether oxygens (including phenoxy) is 2. The fourth-order valence-corrected chi connectivity index (χ4v) is 0.813. The average molecular weight is 265 g/mol. The molecule has 10 nitrogen and oxygen atoms in total. The summed E-state index contributed by atoms with van der Waals surface area (Å²) in [6.45, 7) is 2.47. The molecule has 0 aliphatic carbocycles. The maximum absolute atomic E-state index is 11.3. The summed E-state index contributed by atoms with van der Waals surface area (Å²) in [7, 11) is 1.11. The van der Waals surface area contributed by atoms with Crippen molar-refractivity contribution in [2.45, 2.75) is 20.1 Å². The Bertz CT molecular complexity index is 320. The molecule has 0 aromatic carbocycles. The molecule has 18 heavy (non-hydrogen) atoms. The van der Waals surface area contributed by atoms with Gasteiger partial charge in [0.05, 0.1) is 18.6 Å². The molecular formula is C8H15N3O7. The molecule has 0 aromatic rings. The predicted molar refractivity (Wildman–Crippen MR) is 55.0 cm³/mol. The highest BCUT2D eigenvalue weighted by atomic mass is 16.8. The van der Waals surface area contributed by atoms with E-state index in [4.69, 9.17) is 5.11 Å². The smallest absolute Gasteiger partial charge is 0.511 e. The highest BCUT2D eigenvalue weighted by molar-refractivity contribution is 5.68. The second-order valence-corrected chi connectivity index (χ2v) is 2.95. The van der Waals surface area contributed by atoms with Crippen LogP contribution in [0.2, 0.25) is 0 Å². The Kier molecular flexibility index (Phi) is 6.93. The molecule has 0 saturated heterocycles. The summed E-state index contributed by atoms with van der Waals surface area (Å²) in [6, 6.07) is 0. The number of carboxylic acid groups (broad SMARTS) is 1. The van der Waals surface area contributed by atoms with E-state index in [1.54, 1.807) is 6.92 Å². The quantitative estimate of drug-likeness (QED) is 0.229. The van der Waals surface area contributed by atoms with Crippen LogP contribution in [0.1, 0.15) is 13.8 Å². The van der Waals surface area contributed by atoms with E-state index in [0.717, 1.165) is 12.1 Å². The molecule has 0 radical (unpaired) electrons. The molecule has 1 unspecified atom stereocenters. The van der Waals surface area contributed by atoms with Crippen molar-refractivity contribution in [1.82, 2.24) is 5.01 Å². The molecule has 104 valence electrons. The van der Waals surface area contributed by atoms with Gasteiger partial charge < -0.3 is 19.8 Å². The summed E-state index contributed by atoms with van der Waals surface area (Å²) in [5.41, 5.74) is 0. The lowest BCUT2D eigenvalue weighted by Gasteiger charge is -2.14. The van der Waals surface area contributed by atoms with Crippen molar-refractivity contribution in [1.29, 1.82) is 0 Å². The van der Waals surface area contributed by atoms with Crippen molar-refractivity contribution in [2.75, 3.05) is 20.2 Å². The van der Waals surface area contributed by atoms with Gasteiger partial charge in [-0.25, -0.2) is 4.79 Å². The Hall–Kier alpha value is -2.26. The van der Waals surface area contributed by atoms with Gasteiger partial charge in [0.2, 0.25) is 5.28 Å². The minimum Gasteiger partial charge on any atom is -0.569 e. The van der Waals surface area contributed by atoms with Crippen LogP contribution in [-0.2, 0) is 19.1 Å². The normalized spacial score (nSPS) is 12.5. The molecule has 0 spiro atoms. The Morgan fingerprint density at radius 3 is 2.61 bits per heavy atom. The van der Waals surface area contributed by atoms with Crippen LogP contribution in [0, 0.1) is 5.21 Å². The Morgan fingerprint density at radius 2 is 2.17 bits per heavy atom. The van der Waals surface area contributed by atoms with Crippen molar-refractivity contribution in [3.8, 4) is 0 Å². The van der Waals surface area contributed by atoms with E-state index in [1.165, 1.54) is 6.92 Å². The Balaban J connectivity index is 4.30. The van der Waals surface area contributed by atoms with Crippen LogP contribution >= 0.6 is 0 Å². The molecule has 1 atom stereocenters. The van der Waals surface area contributed by atoms with E-state index in [0.29, 0.717) is 0 Å².